The fourth-order valence-electron chi connectivity index (χ4n) is 3.13. The van der Waals surface area contributed by atoms with Gasteiger partial charge in [0.25, 0.3) is 0 Å². The zero-order valence-electron chi connectivity index (χ0n) is 13.5. The first kappa shape index (κ1) is 16.1. The molecule has 2 aromatic carbocycles. The van der Waals surface area contributed by atoms with Crippen LogP contribution < -0.4 is 5.32 Å². The predicted octanol–water partition coefficient (Wildman–Crippen LogP) is 4.25. The molecule has 0 saturated carbocycles. The Balaban J connectivity index is 1.77. The summed E-state index contributed by atoms with van der Waals surface area (Å²) in [4.78, 5) is 11.8. The van der Waals surface area contributed by atoms with Crippen LogP contribution in [0.2, 0.25) is 0 Å². The SMILES string of the molecule is O=C(O)C1=C(CCCc2ccccc2)NC=CC1c1ccccc1. The lowest BCUT2D eigenvalue weighted by molar-refractivity contribution is -0.133. The maximum absolute atomic E-state index is 11.8. The minimum atomic E-state index is -0.851. The summed E-state index contributed by atoms with van der Waals surface area (Å²) >= 11 is 0. The van der Waals surface area contributed by atoms with Gasteiger partial charge in [0.15, 0.2) is 0 Å². The lowest BCUT2D eigenvalue weighted by atomic mass is 9.87. The molecule has 2 aromatic rings. The number of benzene rings is 2. The number of carboxylic acid groups (broad SMARTS) is 1. The van der Waals surface area contributed by atoms with Crippen LogP contribution in [0.5, 0.6) is 0 Å². The van der Waals surface area contributed by atoms with Crippen LogP contribution in [0.3, 0.4) is 0 Å². The maximum atomic E-state index is 11.8. The van der Waals surface area contributed by atoms with E-state index in [1.165, 1.54) is 5.56 Å². The summed E-state index contributed by atoms with van der Waals surface area (Å²) in [6.45, 7) is 0. The van der Waals surface area contributed by atoms with Crippen molar-refractivity contribution >= 4 is 5.97 Å². The summed E-state index contributed by atoms with van der Waals surface area (Å²) in [5.41, 5.74) is 3.56. The largest absolute Gasteiger partial charge is 0.478 e. The Hall–Kier alpha value is -2.81. The van der Waals surface area contributed by atoms with Crippen molar-refractivity contribution in [1.29, 1.82) is 0 Å². The second-order valence-corrected chi connectivity index (χ2v) is 5.93. The smallest absolute Gasteiger partial charge is 0.334 e. The molecular weight excluding hydrogens is 298 g/mol. The highest BCUT2D eigenvalue weighted by atomic mass is 16.4. The molecule has 1 unspecified atom stereocenters. The summed E-state index contributed by atoms with van der Waals surface area (Å²) in [7, 11) is 0. The molecule has 1 atom stereocenters. The van der Waals surface area contributed by atoms with Gasteiger partial charge >= 0.3 is 5.97 Å². The van der Waals surface area contributed by atoms with Gasteiger partial charge in [-0.15, -0.1) is 0 Å². The Morgan fingerprint density at radius 1 is 0.958 bits per heavy atom. The van der Waals surface area contributed by atoms with E-state index in [2.05, 4.69) is 17.4 Å². The van der Waals surface area contributed by atoms with Crippen LogP contribution in [-0.4, -0.2) is 11.1 Å². The number of allylic oxidation sites excluding steroid dienone is 2. The third-order valence-electron chi connectivity index (χ3n) is 4.31. The molecule has 3 heteroatoms. The summed E-state index contributed by atoms with van der Waals surface area (Å²) in [6.07, 6.45) is 6.36. The first-order valence-electron chi connectivity index (χ1n) is 8.24. The number of hydrogen-bond donors (Lipinski definition) is 2. The lowest BCUT2D eigenvalue weighted by Gasteiger charge is -2.23. The topological polar surface area (TPSA) is 49.3 Å². The zero-order valence-corrected chi connectivity index (χ0v) is 13.5. The first-order valence-corrected chi connectivity index (χ1v) is 8.24. The monoisotopic (exact) mass is 319 g/mol. The van der Waals surface area contributed by atoms with Crippen molar-refractivity contribution in [2.75, 3.05) is 0 Å². The van der Waals surface area contributed by atoms with Crippen LogP contribution in [0.15, 0.2) is 84.2 Å². The maximum Gasteiger partial charge on any atom is 0.334 e. The van der Waals surface area contributed by atoms with E-state index in [-0.39, 0.29) is 5.92 Å². The molecule has 1 aliphatic rings. The quantitative estimate of drug-likeness (QED) is 0.837. The van der Waals surface area contributed by atoms with Crippen LogP contribution in [0.4, 0.5) is 0 Å². The highest BCUT2D eigenvalue weighted by Gasteiger charge is 2.26. The van der Waals surface area contributed by atoms with Crippen molar-refractivity contribution < 1.29 is 9.90 Å². The second-order valence-electron chi connectivity index (χ2n) is 5.93. The number of carboxylic acids is 1. The number of carbonyl (C=O) groups is 1. The van der Waals surface area contributed by atoms with E-state index >= 15 is 0 Å². The molecule has 3 nitrogen and oxygen atoms in total. The molecule has 1 aliphatic heterocycles. The second kappa shape index (κ2) is 7.64. The molecule has 3 rings (SSSR count). The third-order valence-corrected chi connectivity index (χ3v) is 4.31. The Kier molecular flexibility index (Phi) is 5.12. The van der Waals surface area contributed by atoms with Gasteiger partial charge < -0.3 is 10.4 Å². The number of aryl methyl sites for hydroxylation is 1. The van der Waals surface area contributed by atoms with E-state index in [1.807, 2.05) is 60.8 Å². The van der Waals surface area contributed by atoms with Crippen molar-refractivity contribution in [2.24, 2.45) is 0 Å². The van der Waals surface area contributed by atoms with Crippen LogP contribution in [0.1, 0.15) is 29.9 Å². The minimum Gasteiger partial charge on any atom is -0.478 e. The molecule has 0 aliphatic carbocycles. The van der Waals surface area contributed by atoms with Crippen molar-refractivity contribution in [1.82, 2.24) is 5.32 Å². The highest BCUT2D eigenvalue weighted by Crippen LogP contribution is 2.31. The van der Waals surface area contributed by atoms with E-state index in [0.717, 1.165) is 30.5 Å². The number of rotatable bonds is 6. The molecule has 0 amide bonds. The fraction of sp³-hybridized carbons (Fsp3) is 0.190. The van der Waals surface area contributed by atoms with E-state index in [1.54, 1.807) is 0 Å². The Labute approximate surface area is 142 Å². The molecule has 2 N–H and O–H groups in total. The summed E-state index contributed by atoms with van der Waals surface area (Å²) in [5.74, 6) is -1.05. The van der Waals surface area contributed by atoms with Crippen molar-refractivity contribution in [3.63, 3.8) is 0 Å². The van der Waals surface area contributed by atoms with E-state index in [9.17, 15) is 9.90 Å². The molecular formula is C21H21NO2. The van der Waals surface area contributed by atoms with Crippen molar-refractivity contribution in [3.8, 4) is 0 Å². The van der Waals surface area contributed by atoms with E-state index in [4.69, 9.17) is 0 Å². The van der Waals surface area contributed by atoms with Crippen molar-refractivity contribution in [2.45, 2.75) is 25.2 Å². The van der Waals surface area contributed by atoms with Gasteiger partial charge in [-0.25, -0.2) is 4.79 Å². The predicted molar refractivity (Wildman–Crippen MR) is 95.5 cm³/mol. The van der Waals surface area contributed by atoms with Gasteiger partial charge in [-0.05, 0) is 36.6 Å². The van der Waals surface area contributed by atoms with Gasteiger partial charge in [0, 0.05) is 11.6 Å². The van der Waals surface area contributed by atoms with E-state index in [0.29, 0.717) is 5.57 Å². The van der Waals surface area contributed by atoms with Crippen LogP contribution in [0, 0.1) is 0 Å². The standard InChI is InChI=1S/C21H21NO2/c23-21(24)20-18(17-11-5-2-6-12-17)14-15-22-19(20)13-7-10-16-8-3-1-4-9-16/h1-6,8-9,11-12,14-15,18,22H,7,10,13H2,(H,23,24). The van der Waals surface area contributed by atoms with Gasteiger partial charge in [-0.2, -0.15) is 0 Å². The molecule has 122 valence electrons. The van der Waals surface area contributed by atoms with Gasteiger partial charge in [0.2, 0.25) is 0 Å². The molecule has 24 heavy (non-hydrogen) atoms. The fourth-order valence-corrected chi connectivity index (χ4v) is 3.13. The minimum absolute atomic E-state index is 0.198. The third kappa shape index (κ3) is 3.74. The number of dihydropyridines is 1. The molecule has 0 bridgehead atoms. The number of hydrogen-bond acceptors (Lipinski definition) is 2. The molecule has 0 radical (unpaired) electrons. The molecule has 0 spiro atoms. The number of nitrogens with one attached hydrogen (secondary N) is 1. The van der Waals surface area contributed by atoms with Crippen LogP contribution >= 0.6 is 0 Å². The number of aliphatic carboxylic acids is 1. The van der Waals surface area contributed by atoms with Gasteiger partial charge in [-0.3, -0.25) is 0 Å². The average Bonchev–Trinajstić information content (AvgIpc) is 2.63. The molecule has 0 saturated heterocycles. The van der Waals surface area contributed by atoms with Crippen LogP contribution in [-0.2, 0) is 11.2 Å². The Morgan fingerprint density at radius 2 is 1.62 bits per heavy atom. The summed E-state index contributed by atoms with van der Waals surface area (Å²) in [5, 5.41) is 12.9. The normalized spacial score (nSPS) is 16.8. The van der Waals surface area contributed by atoms with Gasteiger partial charge in [0.05, 0.1) is 5.57 Å². The first-order chi connectivity index (χ1) is 11.8. The van der Waals surface area contributed by atoms with Crippen molar-refractivity contribution in [3.05, 3.63) is 95.3 Å². The average molecular weight is 319 g/mol. The van der Waals surface area contributed by atoms with E-state index < -0.39 is 5.97 Å². The van der Waals surface area contributed by atoms with Gasteiger partial charge in [0.1, 0.15) is 0 Å². The summed E-state index contributed by atoms with van der Waals surface area (Å²) < 4.78 is 0. The Bertz CT molecular complexity index is 748. The molecule has 0 aromatic heterocycles. The highest BCUT2D eigenvalue weighted by molar-refractivity contribution is 5.90. The lowest BCUT2D eigenvalue weighted by Crippen LogP contribution is -2.22. The Morgan fingerprint density at radius 3 is 2.29 bits per heavy atom. The molecule has 1 heterocycles. The molecule has 0 fully saturated rings. The summed E-state index contributed by atoms with van der Waals surface area (Å²) in [6, 6.07) is 20.1. The zero-order chi connectivity index (χ0) is 16.8. The van der Waals surface area contributed by atoms with Crippen LogP contribution in [0.25, 0.3) is 0 Å². The van der Waals surface area contributed by atoms with Gasteiger partial charge in [-0.1, -0.05) is 66.7 Å².